The molecule has 0 spiro atoms. The first kappa shape index (κ1) is 20.0. The van der Waals surface area contributed by atoms with Crippen molar-refractivity contribution in [3.05, 3.63) is 23.1 Å². The molecular weight excluding hydrogens is 420 g/mol. The summed E-state index contributed by atoms with van der Waals surface area (Å²) in [5.74, 6) is -2.63. The van der Waals surface area contributed by atoms with Crippen LogP contribution in [0.5, 0.6) is 0 Å². The number of aliphatic carboxylic acids is 1. The van der Waals surface area contributed by atoms with Gasteiger partial charge in [0.05, 0.1) is 22.9 Å². The van der Waals surface area contributed by atoms with Crippen molar-refractivity contribution in [2.45, 2.75) is 31.0 Å². The monoisotopic (exact) mass is 440 g/mol. The van der Waals surface area contributed by atoms with Crippen molar-refractivity contribution in [3.8, 4) is 0 Å². The molecule has 4 rings (SSSR count). The average molecular weight is 441 g/mol. The van der Waals surface area contributed by atoms with E-state index >= 15 is 0 Å². The summed E-state index contributed by atoms with van der Waals surface area (Å²) >= 11 is 1.11. The maximum absolute atomic E-state index is 12.5. The van der Waals surface area contributed by atoms with Gasteiger partial charge in [0.1, 0.15) is 16.9 Å². The van der Waals surface area contributed by atoms with Gasteiger partial charge in [0, 0.05) is 31.8 Å². The molecule has 0 aromatic carbocycles. The number of carbonyl (C=O) groups is 2. The number of amides is 1. The summed E-state index contributed by atoms with van der Waals surface area (Å²) in [5, 5.41) is 19.6. The molecule has 4 atom stereocenters. The number of sulfonamides is 1. The summed E-state index contributed by atoms with van der Waals surface area (Å²) in [6.07, 6.45) is 2.11. The normalized spacial score (nSPS) is 25.7. The maximum atomic E-state index is 12.5. The van der Waals surface area contributed by atoms with Crippen LogP contribution >= 0.6 is 11.3 Å². The van der Waals surface area contributed by atoms with Gasteiger partial charge in [0.25, 0.3) is 10.0 Å². The van der Waals surface area contributed by atoms with Crippen molar-refractivity contribution in [1.82, 2.24) is 18.6 Å². The molecule has 0 radical (unpaired) electrons. The second-order valence-corrected chi connectivity index (χ2v) is 10.6. The van der Waals surface area contributed by atoms with E-state index in [4.69, 9.17) is 0 Å². The number of aliphatic hydroxyl groups excluding tert-OH is 1. The van der Waals surface area contributed by atoms with Crippen molar-refractivity contribution in [1.29, 1.82) is 0 Å². The lowest BCUT2D eigenvalue weighted by atomic mass is 9.77. The van der Waals surface area contributed by atoms with E-state index in [1.54, 1.807) is 10.6 Å². The van der Waals surface area contributed by atoms with E-state index in [0.29, 0.717) is 15.3 Å². The Morgan fingerprint density at radius 3 is 2.59 bits per heavy atom. The van der Waals surface area contributed by atoms with Gasteiger partial charge in [0.2, 0.25) is 10.9 Å². The van der Waals surface area contributed by atoms with E-state index in [9.17, 15) is 28.2 Å². The summed E-state index contributed by atoms with van der Waals surface area (Å²) in [4.78, 5) is 30.6. The molecule has 1 saturated heterocycles. The number of β-lactam (4-membered cyclic amide) rings is 1. The molecule has 10 nitrogen and oxygen atoms in total. The fraction of sp³-hybridized carbons (Fsp3) is 0.471. The summed E-state index contributed by atoms with van der Waals surface area (Å²) in [6.45, 7) is 3.33. The Hall–Kier alpha value is -2.28. The average Bonchev–Trinajstić information content (AvgIpc) is 3.23. The van der Waals surface area contributed by atoms with Crippen LogP contribution in [0.1, 0.15) is 18.7 Å². The lowest BCUT2D eigenvalue weighted by Crippen LogP contribution is -2.63. The van der Waals surface area contributed by atoms with Gasteiger partial charge in [-0.1, -0.05) is 6.92 Å². The van der Waals surface area contributed by atoms with Crippen molar-refractivity contribution in [3.63, 3.8) is 0 Å². The van der Waals surface area contributed by atoms with E-state index in [-0.39, 0.29) is 16.6 Å². The number of imidazole rings is 1. The van der Waals surface area contributed by atoms with Crippen LogP contribution in [-0.4, -0.2) is 75.3 Å². The minimum Gasteiger partial charge on any atom is -0.477 e. The Kier molecular flexibility index (Phi) is 4.39. The Balaban J connectivity index is 1.86. The van der Waals surface area contributed by atoms with E-state index in [1.807, 2.05) is 6.92 Å². The molecule has 12 heteroatoms. The zero-order chi connectivity index (χ0) is 21.4. The maximum Gasteiger partial charge on any atom is 0.352 e. The van der Waals surface area contributed by atoms with Gasteiger partial charge in [-0.05, 0) is 6.92 Å². The third-order valence-corrected chi connectivity index (χ3v) is 8.57. The van der Waals surface area contributed by atoms with Crippen molar-refractivity contribution in [2.75, 3.05) is 14.1 Å². The molecule has 4 heterocycles. The number of aliphatic hydroxyl groups is 1. The van der Waals surface area contributed by atoms with E-state index in [0.717, 1.165) is 15.6 Å². The van der Waals surface area contributed by atoms with Gasteiger partial charge >= 0.3 is 5.97 Å². The first-order chi connectivity index (χ1) is 13.5. The zero-order valence-corrected chi connectivity index (χ0v) is 17.7. The number of hydrogen-bond acceptors (Lipinski definition) is 7. The van der Waals surface area contributed by atoms with Crippen LogP contribution in [0.15, 0.2) is 23.2 Å². The quantitative estimate of drug-likeness (QED) is 0.639. The Morgan fingerprint density at radius 1 is 1.38 bits per heavy atom. The fourth-order valence-corrected chi connectivity index (χ4v) is 6.55. The molecule has 2 N–H and O–H groups in total. The third-order valence-electron chi connectivity index (χ3n) is 5.54. The first-order valence-electron chi connectivity index (χ1n) is 8.86. The van der Waals surface area contributed by atoms with Crippen LogP contribution in [0.3, 0.4) is 0 Å². The fourth-order valence-electron chi connectivity index (χ4n) is 4.15. The summed E-state index contributed by atoms with van der Waals surface area (Å²) in [5.41, 5.74) is 0.347. The number of carboxylic acid groups (broad SMARTS) is 1. The van der Waals surface area contributed by atoms with E-state index in [1.165, 1.54) is 32.2 Å². The van der Waals surface area contributed by atoms with Crippen LogP contribution in [0, 0.1) is 11.8 Å². The molecule has 0 aliphatic carbocycles. The SMILES string of the molecule is C[C@@H](O)[C@H]1C(=O)N2C(C(=O)O)=C(c3cn4cnc(S(=O)(=O)N(C)C)c4s3)[C@H](C)[C@H]12. The van der Waals surface area contributed by atoms with Gasteiger partial charge in [-0.3, -0.25) is 9.20 Å². The summed E-state index contributed by atoms with van der Waals surface area (Å²) in [7, 11) is -0.953. The Bertz CT molecular complexity index is 1180. The molecule has 156 valence electrons. The lowest BCUT2D eigenvalue weighted by molar-refractivity contribution is -0.163. The number of hydrogen-bond donors (Lipinski definition) is 2. The largest absolute Gasteiger partial charge is 0.477 e. The smallest absolute Gasteiger partial charge is 0.352 e. The van der Waals surface area contributed by atoms with Crippen LogP contribution in [-0.2, 0) is 19.6 Å². The van der Waals surface area contributed by atoms with Gasteiger partial charge < -0.3 is 15.1 Å². The molecule has 29 heavy (non-hydrogen) atoms. The number of rotatable bonds is 5. The predicted octanol–water partition coefficient (Wildman–Crippen LogP) is 0.299. The zero-order valence-electron chi connectivity index (χ0n) is 16.1. The molecule has 0 unspecified atom stereocenters. The van der Waals surface area contributed by atoms with Crippen molar-refractivity contribution in [2.24, 2.45) is 11.8 Å². The Labute approximate surface area is 170 Å². The molecule has 0 bridgehead atoms. The van der Waals surface area contributed by atoms with Crippen LogP contribution in [0.4, 0.5) is 0 Å². The number of aromatic nitrogens is 2. The highest BCUT2D eigenvalue weighted by molar-refractivity contribution is 7.89. The minimum atomic E-state index is -3.77. The minimum absolute atomic E-state index is 0.108. The molecule has 2 aromatic rings. The highest BCUT2D eigenvalue weighted by Gasteiger charge is 2.60. The van der Waals surface area contributed by atoms with Gasteiger partial charge in [0.15, 0.2) is 0 Å². The molecule has 1 fully saturated rings. The highest BCUT2D eigenvalue weighted by Crippen LogP contribution is 2.51. The van der Waals surface area contributed by atoms with Gasteiger partial charge in [-0.25, -0.2) is 22.5 Å². The molecule has 0 saturated carbocycles. The van der Waals surface area contributed by atoms with Crippen molar-refractivity contribution < 1.29 is 28.2 Å². The number of carbonyl (C=O) groups excluding carboxylic acids is 1. The van der Waals surface area contributed by atoms with Gasteiger partial charge in [-0.2, -0.15) is 0 Å². The first-order valence-corrected chi connectivity index (χ1v) is 11.1. The lowest BCUT2D eigenvalue weighted by Gasteiger charge is -2.46. The number of carboxylic acids is 1. The second-order valence-electron chi connectivity index (χ2n) is 7.47. The summed E-state index contributed by atoms with van der Waals surface area (Å²) in [6, 6.07) is -0.437. The Morgan fingerprint density at radius 2 is 2.03 bits per heavy atom. The number of nitrogens with zero attached hydrogens (tertiary/aromatic N) is 4. The topological polar surface area (TPSA) is 133 Å². The highest BCUT2D eigenvalue weighted by atomic mass is 32.2. The molecule has 2 aliphatic rings. The molecular formula is C17H20N4O6S2. The van der Waals surface area contributed by atoms with Crippen molar-refractivity contribution >= 4 is 43.6 Å². The molecule has 2 aliphatic heterocycles. The van der Waals surface area contributed by atoms with Gasteiger partial charge in [-0.15, -0.1) is 11.3 Å². The number of thiazole rings is 1. The van der Waals surface area contributed by atoms with Crippen LogP contribution in [0.25, 0.3) is 10.4 Å². The van der Waals surface area contributed by atoms with E-state index in [2.05, 4.69) is 4.98 Å². The third kappa shape index (κ3) is 2.59. The predicted molar refractivity (Wildman–Crippen MR) is 103 cm³/mol. The van der Waals surface area contributed by atoms with Crippen LogP contribution in [0.2, 0.25) is 0 Å². The second kappa shape index (κ2) is 6.36. The molecule has 2 aromatic heterocycles. The summed E-state index contributed by atoms with van der Waals surface area (Å²) < 4.78 is 27.6. The number of fused-ring (bicyclic) bond motifs is 2. The standard InChI is InChI=1S/C17H20N4O6S2/c1-7-10(13(17(24)25)21-12(7)11(8(2)22)15(21)23)9-5-20-6-18-14(16(20)28-9)29(26,27)19(3)4/h5-8,11-12,22H,1-4H3,(H,24,25)/t7-,8+,11+,12+/m0/s1. The van der Waals surface area contributed by atoms with Crippen LogP contribution < -0.4 is 0 Å². The molecule has 1 amide bonds. The van der Waals surface area contributed by atoms with E-state index < -0.39 is 40.0 Å².